The Morgan fingerprint density at radius 2 is 1.77 bits per heavy atom. The second kappa shape index (κ2) is 8.93. The van der Waals surface area contributed by atoms with Gasteiger partial charge in [-0.25, -0.2) is 14.4 Å². The highest BCUT2D eigenvalue weighted by molar-refractivity contribution is 5.92. The van der Waals surface area contributed by atoms with Gasteiger partial charge in [-0.3, -0.25) is 5.32 Å². The Hall–Kier alpha value is -2.97. The first kappa shape index (κ1) is 21.1. The Morgan fingerprint density at radius 3 is 2.23 bits per heavy atom. The first-order valence-corrected chi connectivity index (χ1v) is 7.76. The fraction of sp³-hybridized carbons (Fsp3) is 0.471. The minimum Gasteiger partial charge on any atom is -0.467 e. The van der Waals surface area contributed by atoms with E-state index in [0.29, 0.717) is 0 Å². The summed E-state index contributed by atoms with van der Waals surface area (Å²) in [6.07, 6.45) is -0.169. The molecule has 0 radical (unpaired) electrons. The van der Waals surface area contributed by atoms with Gasteiger partial charge < -0.3 is 23.9 Å². The van der Waals surface area contributed by atoms with Gasteiger partial charge in [-0.15, -0.1) is 0 Å². The van der Waals surface area contributed by atoms with Gasteiger partial charge in [0.15, 0.2) is 0 Å². The van der Waals surface area contributed by atoms with Crippen LogP contribution in [0.25, 0.3) is 0 Å². The summed E-state index contributed by atoms with van der Waals surface area (Å²) in [4.78, 5) is 36.0. The van der Waals surface area contributed by atoms with E-state index < -0.39 is 29.8 Å². The van der Waals surface area contributed by atoms with Gasteiger partial charge in [0.05, 0.1) is 26.1 Å². The molecule has 9 heteroatoms. The topological polar surface area (TPSA) is 116 Å². The molecule has 1 rings (SSSR count). The summed E-state index contributed by atoms with van der Waals surface area (Å²) in [5, 5.41) is 4.95. The lowest BCUT2D eigenvalue weighted by Crippen LogP contribution is -2.36. The monoisotopic (exact) mass is 368 g/mol. The quantitative estimate of drug-likeness (QED) is 0.466. The number of esters is 1. The van der Waals surface area contributed by atoms with Crippen molar-refractivity contribution in [1.82, 2.24) is 10.6 Å². The Kier molecular flexibility index (Phi) is 7.24. The van der Waals surface area contributed by atoms with Crippen molar-refractivity contribution in [2.75, 3.05) is 14.2 Å². The van der Waals surface area contributed by atoms with E-state index in [1.165, 1.54) is 27.4 Å². The van der Waals surface area contributed by atoms with E-state index in [1.807, 2.05) is 0 Å². The van der Waals surface area contributed by atoms with Crippen molar-refractivity contribution in [2.24, 2.45) is 0 Å². The number of alkyl carbamates (subject to hydrolysis) is 2. The summed E-state index contributed by atoms with van der Waals surface area (Å²) in [7, 11) is 2.36. The lowest BCUT2D eigenvalue weighted by atomic mass is 10.0. The van der Waals surface area contributed by atoms with Crippen molar-refractivity contribution in [1.29, 1.82) is 0 Å². The summed E-state index contributed by atoms with van der Waals surface area (Å²) in [5.41, 5.74) is -0.636. The molecule has 1 atom stereocenters. The Morgan fingerprint density at radius 1 is 1.12 bits per heavy atom. The SMILES string of the molecule is COC(=O)N[C@H](/C(C(=O)OC)=C(\C)NC(=O)OC(C)(C)C)c1ccco1. The second-order valence-electron chi connectivity index (χ2n) is 6.24. The number of hydrogen-bond donors (Lipinski definition) is 2. The number of rotatable bonds is 5. The average Bonchev–Trinajstić information content (AvgIpc) is 3.05. The van der Waals surface area contributed by atoms with Crippen molar-refractivity contribution in [3.05, 3.63) is 35.4 Å². The lowest BCUT2D eigenvalue weighted by molar-refractivity contribution is -0.136. The predicted octanol–water partition coefficient (Wildman–Crippen LogP) is 2.65. The number of amides is 2. The molecule has 26 heavy (non-hydrogen) atoms. The van der Waals surface area contributed by atoms with Crippen LogP contribution in [0.2, 0.25) is 0 Å². The van der Waals surface area contributed by atoms with Crippen LogP contribution in [0.15, 0.2) is 34.1 Å². The van der Waals surface area contributed by atoms with Crippen molar-refractivity contribution in [3.8, 4) is 0 Å². The van der Waals surface area contributed by atoms with Crippen molar-refractivity contribution < 1.29 is 33.0 Å². The van der Waals surface area contributed by atoms with E-state index in [2.05, 4.69) is 15.4 Å². The molecule has 0 bridgehead atoms. The standard InChI is InChI=1S/C17H24N2O7/c1-10(18-16(22)26-17(2,3)4)12(14(20)23-5)13(19-15(21)24-6)11-8-7-9-25-11/h7-9,13H,1-6H3,(H,18,22)(H,19,21)/b12-10-/t13-/m0/s1. The molecule has 144 valence electrons. The molecular weight excluding hydrogens is 344 g/mol. The molecule has 0 saturated carbocycles. The van der Waals surface area contributed by atoms with Crippen molar-refractivity contribution in [2.45, 2.75) is 39.3 Å². The smallest absolute Gasteiger partial charge is 0.411 e. The zero-order valence-electron chi connectivity index (χ0n) is 15.7. The van der Waals surface area contributed by atoms with Crippen LogP contribution in [0.1, 0.15) is 39.5 Å². The number of ether oxygens (including phenoxy) is 3. The molecule has 0 aliphatic heterocycles. The van der Waals surface area contributed by atoms with Gasteiger partial charge >= 0.3 is 18.2 Å². The number of methoxy groups -OCH3 is 2. The van der Waals surface area contributed by atoms with E-state index in [1.54, 1.807) is 32.9 Å². The van der Waals surface area contributed by atoms with Crippen LogP contribution in [0.3, 0.4) is 0 Å². The summed E-state index contributed by atoms with van der Waals surface area (Å²) < 4.78 is 19.8. The van der Waals surface area contributed by atoms with Gasteiger partial charge in [-0.1, -0.05) is 0 Å². The third-order valence-corrected chi connectivity index (χ3v) is 3.06. The molecule has 2 N–H and O–H groups in total. The molecule has 0 fully saturated rings. The second-order valence-corrected chi connectivity index (χ2v) is 6.24. The maximum absolute atomic E-state index is 12.3. The largest absolute Gasteiger partial charge is 0.467 e. The van der Waals surface area contributed by atoms with Crippen molar-refractivity contribution in [3.63, 3.8) is 0 Å². The lowest BCUT2D eigenvalue weighted by Gasteiger charge is -2.23. The molecule has 1 heterocycles. The Bertz CT molecular complexity index is 672. The summed E-state index contributed by atoms with van der Waals surface area (Å²) in [6, 6.07) is 2.11. The van der Waals surface area contributed by atoms with Gasteiger partial charge in [-0.2, -0.15) is 0 Å². The maximum Gasteiger partial charge on any atom is 0.411 e. The fourth-order valence-corrected chi connectivity index (χ4v) is 2.04. The number of furan rings is 1. The highest BCUT2D eigenvalue weighted by Gasteiger charge is 2.31. The average molecular weight is 368 g/mol. The molecule has 0 unspecified atom stereocenters. The molecule has 0 spiro atoms. The first-order valence-electron chi connectivity index (χ1n) is 7.76. The zero-order chi connectivity index (χ0) is 19.9. The van der Waals surface area contributed by atoms with Crippen LogP contribution in [-0.4, -0.2) is 38.0 Å². The third kappa shape index (κ3) is 6.15. The fourth-order valence-electron chi connectivity index (χ4n) is 2.04. The number of hydrogen-bond acceptors (Lipinski definition) is 7. The summed E-state index contributed by atoms with van der Waals surface area (Å²) in [6.45, 7) is 6.59. The Balaban J connectivity index is 3.28. The van der Waals surface area contributed by atoms with E-state index in [4.69, 9.17) is 13.9 Å². The van der Waals surface area contributed by atoms with Crippen LogP contribution in [0, 0.1) is 0 Å². The van der Waals surface area contributed by atoms with Crippen LogP contribution < -0.4 is 10.6 Å². The van der Waals surface area contributed by atoms with Gasteiger partial charge in [-0.05, 0) is 39.8 Å². The molecule has 0 aliphatic carbocycles. The van der Waals surface area contributed by atoms with E-state index in [-0.39, 0.29) is 17.0 Å². The molecule has 9 nitrogen and oxygen atoms in total. The maximum atomic E-state index is 12.3. The number of allylic oxidation sites excluding steroid dienone is 1. The third-order valence-electron chi connectivity index (χ3n) is 3.06. The number of carbonyl (C=O) groups excluding carboxylic acids is 3. The highest BCUT2D eigenvalue weighted by Crippen LogP contribution is 2.26. The normalized spacial score (nSPS) is 13.2. The summed E-state index contributed by atoms with van der Waals surface area (Å²) >= 11 is 0. The van der Waals surface area contributed by atoms with Crippen LogP contribution in [0.4, 0.5) is 9.59 Å². The number of carbonyl (C=O) groups is 3. The van der Waals surface area contributed by atoms with Crippen LogP contribution >= 0.6 is 0 Å². The van der Waals surface area contributed by atoms with E-state index >= 15 is 0 Å². The van der Waals surface area contributed by atoms with Gasteiger partial charge in [0.1, 0.15) is 17.4 Å². The van der Waals surface area contributed by atoms with Gasteiger partial charge in [0, 0.05) is 5.70 Å². The van der Waals surface area contributed by atoms with Gasteiger partial charge in [0.25, 0.3) is 0 Å². The minimum absolute atomic E-state index is 0.0429. The molecule has 1 aromatic heterocycles. The molecule has 1 aromatic rings. The van der Waals surface area contributed by atoms with Crippen molar-refractivity contribution >= 4 is 18.2 Å². The number of nitrogens with one attached hydrogen (secondary N) is 2. The molecule has 2 amide bonds. The van der Waals surface area contributed by atoms with E-state index in [9.17, 15) is 14.4 Å². The minimum atomic E-state index is -1.04. The van der Waals surface area contributed by atoms with Gasteiger partial charge in [0.2, 0.25) is 0 Å². The molecule has 0 saturated heterocycles. The highest BCUT2D eigenvalue weighted by atomic mass is 16.6. The van der Waals surface area contributed by atoms with E-state index in [0.717, 1.165) is 0 Å². The summed E-state index contributed by atoms with van der Waals surface area (Å²) in [5.74, 6) is -0.516. The van der Waals surface area contributed by atoms with Crippen LogP contribution in [-0.2, 0) is 19.0 Å². The predicted molar refractivity (Wildman–Crippen MR) is 91.1 cm³/mol. The molecular formula is C17H24N2O7. The first-order chi connectivity index (χ1) is 12.1. The molecule has 0 aromatic carbocycles. The molecule has 0 aliphatic rings. The zero-order valence-corrected chi connectivity index (χ0v) is 15.7. The Labute approximate surface area is 151 Å². The van der Waals surface area contributed by atoms with Crippen LogP contribution in [0.5, 0.6) is 0 Å².